The van der Waals surface area contributed by atoms with Gasteiger partial charge in [-0.15, -0.1) is 0 Å². The van der Waals surface area contributed by atoms with Crippen molar-refractivity contribution in [3.05, 3.63) is 35.4 Å². The first-order valence-electron chi connectivity index (χ1n) is 3.46. The van der Waals surface area contributed by atoms with Gasteiger partial charge in [-0.05, 0) is 12.5 Å². The molecule has 0 aromatic heterocycles. The van der Waals surface area contributed by atoms with E-state index in [0.29, 0.717) is 13.7 Å². The number of aryl methyl sites for hydroxylation is 1. The highest BCUT2D eigenvalue weighted by atomic mass is 19.1. The molecule has 2 nitrogen and oxygen atoms in total. The van der Waals surface area contributed by atoms with Gasteiger partial charge in [-0.25, -0.2) is 0 Å². The molecule has 0 saturated heterocycles. The standard InChI is InChI=1S/C8H11N.CH3F.H2O/c1-7-2-4-8(6-9)5-3-7;1-2;/h2-5H,6,9H2,1H3;1H3;1H2. The first kappa shape index (κ1) is 13.6. The maximum Gasteiger partial charge on any atom is 0.0785 e. The molecular formula is C9H16FNO. The Balaban J connectivity index is 0. The van der Waals surface area contributed by atoms with E-state index in [1.165, 1.54) is 11.1 Å². The molecule has 1 aromatic rings. The molecule has 1 rings (SSSR count). The fourth-order valence-electron chi connectivity index (χ4n) is 0.724. The molecule has 0 aliphatic heterocycles. The number of benzene rings is 1. The highest BCUT2D eigenvalue weighted by Gasteiger charge is 1.84. The van der Waals surface area contributed by atoms with Crippen molar-refractivity contribution >= 4 is 0 Å². The van der Waals surface area contributed by atoms with Gasteiger partial charge in [-0.1, -0.05) is 29.8 Å². The van der Waals surface area contributed by atoms with Crippen molar-refractivity contribution in [2.24, 2.45) is 5.73 Å². The largest absolute Gasteiger partial charge is 0.412 e. The van der Waals surface area contributed by atoms with Crippen LogP contribution in [0.25, 0.3) is 0 Å². The number of rotatable bonds is 1. The third kappa shape index (κ3) is 4.82. The Morgan fingerprint density at radius 3 is 1.92 bits per heavy atom. The summed E-state index contributed by atoms with van der Waals surface area (Å²) in [4.78, 5) is 0. The molecule has 0 radical (unpaired) electrons. The van der Waals surface area contributed by atoms with Gasteiger partial charge in [0.25, 0.3) is 0 Å². The second kappa shape index (κ2) is 8.17. The molecule has 0 heterocycles. The van der Waals surface area contributed by atoms with Crippen LogP contribution in [0.1, 0.15) is 11.1 Å². The monoisotopic (exact) mass is 173 g/mol. The second-order valence-corrected chi connectivity index (χ2v) is 2.19. The van der Waals surface area contributed by atoms with E-state index in [-0.39, 0.29) is 5.48 Å². The quantitative estimate of drug-likeness (QED) is 0.682. The van der Waals surface area contributed by atoms with Crippen molar-refractivity contribution in [1.82, 2.24) is 0 Å². The average molecular weight is 173 g/mol. The van der Waals surface area contributed by atoms with Crippen LogP contribution in [0.2, 0.25) is 0 Å². The summed E-state index contributed by atoms with van der Waals surface area (Å²) in [5.41, 5.74) is 7.88. The predicted octanol–water partition coefficient (Wildman–Crippen LogP) is 1.21. The Labute approximate surface area is 72.5 Å². The van der Waals surface area contributed by atoms with Crippen LogP contribution in [0.4, 0.5) is 4.39 Å². The molecule has 0 aliphatic rings. The van der Waals surface area contributed by atoms with Crippen molar-refractivity contribution in [1.29, 1.82) is 0 Å². The Morgan fingerprint density at radius 2 is 1.58 bits per heavy atom. The minimum absolute atomic E-state index is 0. The van der Waals surface area contributed by atoms with Crippen LogP contribution < -0.4 is 5.73 Å². The summed E-state index contributed by atoms with van der Waals surface area (Å²) in [5, 5.41) is 0. The van der Waals surface area contributed by atoms with Crippen LogP contribution in [0.5, 0.6) is 0 Å². The van der Waals surface area contributed by atoms with Gasteiger partial charge >= 0.3 is 0 Å². The van der Waals surface area contributed by atoms with Gasteiger partial charge in [0.15, 0.2) is 0 Å². The van der Waals surface area contributed by atoms with Gasteiger partial charge < -0.3 is 11.2 Å². The van der Waals surface area contributed by atoms with E-state index in [4.69, 9.17) is 5.73 Å². The van der Waals surface area contributed by atoms with Gasteiger partial charge in [0, 0.05) is 6.54 Å². The molecule has 0 atom stereocenters. The van der Waals surface area contributed by atoms with Crippen LogP contribution in [-0.4, -0.2) is 12.7 Å². The van der Waals surface area contributed by atoms with E-state index < -0.39 is 0 Å². The van der Waals surface area contributed by atoms with Crippen LogP contribution in [-0.2, 0) is 6.54 Å². The van der Waals surface area contributed by atoms with E-state index in [9.17, 15) is 4.39 Å². The lowest BCUT2D eigenvalue weighted by Gasteiger charge is -1.94. The van der Waals surface area contributed by atoms with E-state index in [1.807, 2.05) is 0 Å². The average Bonchev–Trinajstić information content (AvgIpc) is 2.10. The zero-order valence-electron chi connectivity index (χ0n) is 7.47. The van der Waals surface area contributed by atoms with Crippen LogP contribution >= 0.6 is 0 Å². The minimum atomic E-state index is 0. The Morgan fingerprint density at radius 1 is 1.17 bits per heavy atom. The molecule has 0 saturated carbocycles. The van der Waals surface area contributed by atoms with Crippen LogP contribution in [0, 0.1) is 6.92 Å². The summed E-state index contributed by atoms with van der Waals surface area (Å²) in [6.07, 6.45) is 0. The lowest BCUT2D eigenvalue weighted by atomic mass is 10.2. The molecular weight excluding hydrogens is 157 g/mol. The van der Waals surface area contributed by atoms with Gasteiger partial charge in [-0.2, -0.15) is 0 Å². The van der Waals surface area contributed by atoms with Crippen molar-refractivity contribution < 1.29 is 9.87 Å². The first-order chi connectivity index (χ1) is 5.33. The van der Waals surface area contributed by atoms with Crippen molar-refractivity contribution in [2.75, 3.05) is 7.18 Å². The smallest absolute Gasteiger partial charge is 0.0785 e. The summed E-state index contributed by atoms with van der Waals surface area (Å²) >= 11 is 0. The van der Waals surface area contributed by atoms with E-state index in [0.717, 1.165) is 0 Å². The highest BCUT2D eigenvalue weighted by molar-refractivity contribution is 5.20. The van der Waals surface area contributed by atoms with Crippen molar-refractivity contribution in [3.8, 4) is 0 Å². The van der Waals surface area contributed by atoms with Gasteiger partial charge in [0.05, 0.1) is 7.18 Å². The maximum atomic E-state index is 9.50. The second-order valence-electron chi connectivity index (χ2n) is 2.19. The molecule has 0 unspecified atom stereocenters. The Bertz CT molecular complexity index is 186. The van der Waals surface area contributed by atoms with E-state index in [1.54, 1.807) is 0 Å². The number of nitrogens with two attached hydrogens (primary N) is 1. The van der Waals surface area contributed by atoms with Gasteiger partial charge in [0.2, 0.25) is 0 Å². The highest BCUT2D eigenvalue weighted by Crippen LogP contribution is 2.00. The lowest BCUT2D eigenvalue weighted by molar-refractivity contribution is 0.636. The maximum absolute atomic E-state index is 9.50. The third-order valence-electron chi connectivity index (χ3n) is 1.36. The van der Waals surface area contributed by atoms with Crippen molar-refractivity contribution in [2.45, 2.75) is 13.5 Å². The summed E-state index contributed by atoms with van der Waals surface area (Å²) in [7, 11) is 0.500. The summed E-state index contributed by atoms with van der Waals surface area (Å²) in [6.45, 7) is 2.71. The minimum Gasteiger partial charge on any atom is -0.412 e. The number of alkyl halides is 1. The normalized spacial score (nSPS) is 7.67. The molecule has 0 fully saturated rings. The van der Waals surface area contributed by atoms with Gasteiger partial charge in [0.1, 0.15) is 0 Å². The zero-order valence-corrected chi connectivity index (χ0v) is 7.47. The third-order valence-corrected chi connectivity index (χ3v) is 1.36. The molecule has 12 heavy (non-hydrogen) atoms. The zero-order chi connectivity index (χ0) is 8.69. The molecule has 4 N–H and O–H groups in total. The molecule has 0 aliphatic carbocycles. The number of hydrogen-bond donors (Lipinski definition) is 1. The Hall–Kier alpha value is -0.930. The van der Waals surface area contributed by atoms with Crippen molar-refractivity contribution in [3.63, 3.8) is 0 Å². The SMILES string of the molecule is CF.Cc1ccc(CN)cc1.O. The van der Waals surface area contributed by atoms with Gasteiger partial charge in [-0.3, -0.25) is 4.39 Å². The number of hydrogen-bond acceptors (Lipinski definition) is 1. The van der Waals surface area contributed by atoms with E-state index >= 15 is 0 Å². The van der Waals surface area contributed by atoms with Crippen LogP contribution in [0.3, 0.4) is 0 Å². The fourth-order valence-corrected chi connectivity index (χ4v) is 0.724. The first-order valence-corrected chi connectivity index (χ1v) is 3.46. The Kier molecular flexibility index (Phi) is 9.29. The molecule has 70 valence electrons. The summed E-state index contributed by atoms with van der Waals surface area (Å²) in [6, 6.07) is 8.25. The number of halogens is 1. The van der Waals surface area contributed by atoms with E-state index in [2.05, 4.69) is 31.2 Å². The lowest BCUT2D eigenvalue weighted by Crippen LogP contribution is -1.94. The molecule has 0 spiro atoms. The van der Waals surface area contributed by atoms with Crippen LogP contribution in [0.15, 0.2) is 24.3 Å². The topological polar surface area (TPSA) is 57.5 Å². The summed E-state index contributed by atoms with van der Waals surface area (Å²) < 4.78 is 9.50. The molecule has 3 heteroatoms. The molecule has 0 amide bonds. The summed E-state index contributed by atoms with van der Waals surface area (Å²) in [5.74, 6) is 0. The molecule has 0 bridgehead atoms. The fraction of sp³-hybridized carbons (Fsp3) is 0.333. The predicted molar refractivity (Wildman–Crippen MR) is 49.7 cm³/mol. The molecule has 1 aromatic carbocycles.